The predicted octanol–water partition coefficient (Wildman–Crippen LogP) is 4.15. The van der Waals surface area contributed by atoms with E-state index in [-0.39, 0.29) is 18.1 Å². The van der Waals surface area contributed by atoms with Crippen LogP contribution in [0, 0.1) is 5.92 Å². The van der Waals surface area contributed by atoms with Crippen LogP contribution in [0.3, 0.4) is 0 Å². The predicted molar refractivity (Wildman–Crippen MR) is 97.8 cm³/mol. The lowest BCUT2D eigenvalue weighted by Gasteiger charge is -2.38. The summed E-state index contributed by atoms with van der Waals surface area (Å²) in [6.07, 6.45) is 11.2. The van der Waals surface area contributed by atoms with Crippen molar-refractivity contribution in [2.75, 3.05) is 0 Å². The Morgan fingerprint density at radius 1 is 0.875 bits per heavy atom. The Morgan fingerprint density at radius 3 is 2.25 bits per heavy atom. The lowest BCUT2D eigenvalue weighted by Crippen LogP contribution is -2.44. The summed E-state index contributed by atoms with van der Waals surface area (Å²) in [4.78, 5) is 0. The summed E-state index contributed by atoms with van der Waals surface area (Å²) in [5.74, 6) is 0.0952. The second-order valence-corrected chi connectivity index (χ2v) is 7.53. The van der Waals surface area contributed by atoms with Crippen molar-refractivity contribution >= 4 is 0 Å². The van der Waals surface area contributed by atoms with Crippen LogP contribution >= 0.6 is 0 Å². The zero-order valence-corrected chi connectivity index (χ0v) is 15.8. The molecule has 0 bridgehead atoms. The first-order chi connectivity index (χ1) is 11.6. The number of ether oxygens (including phenoxy) is 1. The standard InChI is InChI=1S/C20H40O4/c1-3-5-7-8-10-12-17-18(22)15-20(23)24-19(17)14-13-16(21)11-9-6-4-2/h16-23H,3-15H2,1-2H3/t16-,17-,18-,19+,20?/m0/s1. The Balaban J connectivity index is 2.37. The van der Waals surface area contributed by atoms with Crippen molar-refractivity contribution in [3.63, 3.8) is 0 Å². The Kier molecular flexibility index (Phi) is 11.9. The van der Waals surface area contributed by atoms with E-state index in [1.54, 1.807) is 0 Å². The molecule has 4 heteroatoms. The molecule has 3 N–H and O–H groups in total. The molecule has 0 amide bonds. The first kappa shape index (κ1) is 21.9. The molecule has 1 saturated heterocycles. The van der Waals surface area contributed by atoms with Gasteiger partial charge in [0.15, 0.2) is 6.29 Å². The van der Waals surface area contributed by atoms with Gasteiger partial charge in [-0.15, -0.1) is 0 Å². The Labute approximate surface area is 148 Å². The van der Waals surface area contributed by atoms with Crippen molar-refractivity contribution < 1.29 is 20.1 Å². The number of unbranched alkanes of at least 4 members (excludes halogenated alkanes) is 6. The summed E-state index contributed by atoms with van der Waals surface area (Å²) >= 11 is 0. The van der Waals surface area contributed by atoms with Gasteiger partial charge in [0.05, 0.1) is 18.3 Å². The molecule has 1 rings (SSSR count). The molecule has 0 saturated carbocycles. The monoisotopic (exact) mass is 344 g/mol. The molecule has 0 aromatic rings. The highest BCUT2D eigenvalue weighted by atomic mass is 16.6. The molecule has 4 nitrogen and oxygen atoms in total. The smallest absolute Gasteiger partial charge is 0.157 e. The van der Waals surface area contributed by atoms with Crippen LogP contribution in [0.25, 0.3) is 0 Å². The molecular formula is C20H40O4. The first-order valence-electron chi connectivity index (χ1n) is 10.3. The van der Waals surface area contributed by atoms with Crippen molar-refractivity contribution in [3.05, 3.63) is 0 Å². The van der Waals surface area contributed by atoms with E-state index in [0.717, 1.165) is 44.9 Å². The van der Waals surface area contributed by atoms with Gasteiger partial charge < -0.3 is 20.1 Å². The van der Waals surface area contributed by atoms with E-state index in [2.05, 4.69) is 13.8 Å². The molecular weight excluding hydrogens is 304 g/mol. The zero-order valence-electron chi connectivity index (χ0n) is 15.8. The second kappa shape index (κ2) is 13.1. The lowest BCUT2D eigenvalue weighted by molar-refractivity contribution is -0.218. The zero-order chi connectivity index (χ0) is 17.8. The summed E-state index contributed by atoms with van der Waals surface area (Å²) in [5, 5.41) is 30.3. The molecule has 1 fully saturated rings. The lowest BCUT2D eigenvalue weighted by atomic mass is 9.83. The average molecular weight is 345 g/mol. The highest BCUT2D eigenvalue weighted by Gasteiger charge is 2.36. The normalized spacial score (nSPS) is 28.9. The van der Waals surface area contributed by atoms with Gasteiger partial charge in [-0.25, -0.2) is 0 Å². The SMILES string of the molecule is CCCCCCC[C@H]1[C@@H](O)CC(O)O[C@@H]1CC[C@@H](O)CCCCC. The number of aliphatic hydroxyl groups is 3. The summed E-state index contributed by atoms with van der Waals surface area (Å²) in [6.45, 7) is 4.37. The summed E-state index contributed by atoms with van der Waals surface area (Å²) in [7, 11) is 0. The molecule has 5 atom stereocenters. The van der Waals surface area contributed by atoms with Crippen molar-refractivity contribution in [2.24, 2.45) is 5.92 Å². The molecule has 1 unspecified atom stereocenters. The largest absolute Gasteiger partial charge is 0.393 e. The Bertz CT molecular complexity index is 297. The highest BCUT2D eigenvalue weighted by molar-refractivity contribution is 4.83. The van der Waals surface area contributed by atoms with Crippen molar-refractivity contribution in [2.45, 2.75) is 122 Å². The maximum atomic E-state index is 10.3. The third-order valence-corrected chi connectivity index (χ3v) is 5.31. The molecule has 144 valence electrons. The van der Waals surface area contributed by atoms with Crippen LogP contribution in [0.5, 0.6) is 0 Å². The fourth-order valence-electron chi connectivity index (χ4n) is 3.76. The minimum absolute atomic E-state index is 0.0952. The maximum absolute atomic E-state index is 10.3. The van der Waals surface area contributed by atoms with Gasteiger partial charge in [0.1, 0.15) is 0 Å². The summed E-state index contributed by atoms with van der Waals surface area (Å²) in [5.41, 5.74) is 0. The van der Waals surface area contributed by atoms with Crippen LogP contribution in [0.2, 0.25) is 0 Å². The minimum atomic E-state index is -0.862. The van der Waals surface area contributed by atoms with Crippen LogP contribution < -0.4 is 0 Å². The van der Waals surface area contributed by atoms with Gasteiger partial charge in [-0.2, -0.15) is 0 Å². The van der Waals surface area contributed by atoms with E-state index < -0.39 is 12.4 Å². The highest BCUT2D eigenvalue weighted by Crippen LogP contribution is 2.32. The van der Waals surface area contributed by atoms with Crippen LogP contribution in [-0.2, 0) is 4.74 Å². The first-order valence-corrected chi connectivity index (χ1v) is 10.3. The number of rotatable bonds is 13. The fraction of sp³-hybridized carbons (Fsp3) is 1.00. The summed E-state index contributed by atoms with van der Waals surface area (Å²) < 4.78 is 5.71. The molecule has 0 aliphatic carbocycles. The van der Waals surface area contributed by atoms with Crippen LogP contribution in [0.4, 0.5) is 0 Å². The summed E-state index contributed by atoms with van der Waals surface area (Å²) in [6, 6.07) is 0. The fourth-order valence-corrected chi connectivity index (χ4v) is 3.76. The minimum Gasteiger partial charge on any atom is -0.393 e. The molecule has 0 radical (unpaired) electrons. The van der Waals surface area contributed by atoms with Gasteiger partial charge >= 0.3 is 0 Å². The molecule has 0 spiro atoms. The molecule has 1 aliphatic rings. The van der Waals surface area contributed by atoms with Crippen molar-refractivity contribution in [3.8, 4) is 0 Å². The number of aliphatic hydroxyl groups excluding tert-OH is 3. The van der Waals surface area contributed by atoms with Crippen molar-refractivity contribution in [1.82, 2.24) is 0 Å². The van der Waals surface area contributed by atoms with Gasteiger partial charge in [0.25, 0.3) is 0 Å². The molecule has 1 heterocycles. The quantitative estimate of drug-likeness (QED) is 0.439. The van der Waals surface area contributed by atoms with Gasteiger partial charge in [0, 0.05) is 12.3 Å². The van der Waals surface area contributed by atoms with E-state index in [1.807, 2.05) is 0 Å². The maximum Gasteiger partial charge on any atom is 0.157 e. The second-order valence-electron chi connectivity index (χ2n) is 7.53. The van der Waals surface area contributed by atoms with Gasteiger partial charge in [-0.3, -0.25) is 0 Å². The van der Waals surface area contributed by atoms with Gasteiger partial charge in [0.2, 0.25) is 0 Å². The molecule has 0 aromatic carbocycles. The number of hydrogen-bond donors (Lipinski definition) is 3. The third-order valence-electron chi connectivity index (χ3n) is 5.31. The molecule has 0 aromatic heterocycles. The van der Waals surface area contributed by atoms with E-state index >= 15 is 0 Å². The van der Waals surface area contributed by atoms with Crippen LogP contribution in [0.15, 0.2) is 0 Å². The van der Waals surface area contributed by atoms with E-state index in [4.69, 9.17) is 4.74 Å². The average Bonchev–Trinajstić information content (AvgIpc) is 2.54. The molecule has 1 aliphatic heterocycles. The number of hydrogen-bond acceptors (Lipinski definition) is 4. The topological polar surface area (TPSA) is 69.9 Å². The Hall–Kier alpha value is -0.160. The van der Waals surface area contributed by atoms with Crippen LogP contribution in [0.1, 0.15) is 97.3 Å². The van der Waals surface area contributed by atoms with Gasteiger partial charge in [-0.1, -0.05) is 65.2 Å². The van der Waals surface area contributed by atoms with Gasteiger partial charge in [-0.05, 0) is 25.7 Å². The van der Waals surface area contributed by atoms with E-state index in [0.29, 0.717) is 12.8 Å². The van der Waals surface area contributed by atoms with E-state index in [1.165, 1.54) is 25.7 Å². The van der Waals surface area contributed by atoms with Crippen molar-refractivity contribution in [1.29, 1.82) is 0 Å². The Morgan fingerprint density at radius 2 is 1.54 bits per heavy atom. The van der Waals surface area contributed by atoms with E-state index in [9.17, 15) is 15.3 Å². The molecule has 24 heavy (non-hydrogen) atoms. The van der Waals surface area contributed by atoms with Crippen LogP contribution in [-0.4, -0.2) is 39.9 Å². The third kappa shape index (κ3) is 8.80.